The summed E-state index contributed by atoms with van der Waals surface area (Å²) in [6, 6.07) is 14.4. The van der Waals surface area contributed by atoms with Gasteiger partial charge in [-0.3, -0.25) is 14.9 Å². The molecule has 0 N–H and O–H groups in total. The zero-order valence-corrected chi connectivity index (χ0v) is 15.1. The molecule has 0 aliphatic heterocycles. The van der Waals surface area contributed by atoms with E-state index in [2.05, 4.69) is 0 Å². The molecule has 0 aliphatic carbocycles. The van der Waals surface area contributed by atoms with Crippen LogP contribution in [0.1, 0.15) is 18.1 Å². The van der Waals surface area contributed by atoms with Gasteiger partial charge in [-0.15, -0.1) is 0 Å². The molecule has 2 rings (SSSR count). The van der Waals surface area contributed by atoms with Crippen LogP contribution in [0.3, 0.4) is 0 Å². The molecule has 140 valence electrons. The molecule has 0 bridgehead atoms. The Morgan fingerprint density at radius 2 is 1.78 bits per heavy atom. The lowest BCUT2D eigenvalue weighted by Crippen LogP contribution is -2.42. The van der Waals surface area contributed by atoms with E-state index in [0.29, 0.717) is 5.56 Å². The highest BCUT2D eigenvalue weighted by Crippen LogP contribution is 2.14. The van der Waals surface area contributed by atoms with Gasteiger partial charge in [-0.05, 0) is 36.3 Å². The Morgan fingerprint density at radius 1 is 1.15 bits per heavy atom. The normalized spacial score (nSPS) is 11.8. The van der Waals surface area contributed by atoms with E-state index >= 15 is 0 Å². The molecule has 2 aromatic carbocycles. The SMILES string of the molecule is COC(=O)[C@H](C)N(Cc1ccccc1)C(=O)/C=C/c1ccc([N+](=O)[O-])cc1. The first-order valence-electron chi connectivity index (χ1n) is 8.27. The van der Waals surface area contributed by atoms with Crippen LogP contribution in [-0.2, 0) is 20.9 Å². The quantitative estimate of drug-likeness (QED) is 0.324. The minimum Gasteiger partial charge on any atom is -0.467 e. The molecule has 7 heteroatoms. The molecule has 0 unspecified atom stereocenters. The number of non-ortho nitro benzene ring substituents is 1. The molecule has 7 nitrogen and oxygen atoms in total. The summed E-state index contributed by atoms with van der Waals surface area (Å²) in [6.07, 6.45) is 2.89. The highest BCUT2D eigenvalue weighted by Gasteiger charge is 2.25. The lowest BCUT2D eigenvalue weighted by Gasteiger charge is -2.26. The van der Waals surface area contributed by atoms with Crippen LogP contribution in [0, 0.1) is 10.1 Å². The Balaban J connectivity index is 2.19. The number of benzene rings is 2. The number of amides is 1. The zero-order valence-electron chi connectivity index (χ0n) is 15.1. The average Bonchev–Trinajstić information content (AvgIpc) is 2.70. The Morgan fingerprint density at radius 3 is 2.33 bits per heavy atom. The first kappa shape index (κ1) is 19.8. The fourth-order valence-electron chi connectivity index (χ4n) is 2.45. The number of esters is 1. The monoisotopic (exact) mass is 368 g/mol. The third-order valence-corrected chi connectivity index (χ3v) is 4.01. The Bertz CT molecular complexity index is 831. The number of ether oxygens (including phenoxy) is 1. The highest BCUT2D eigenvalue weighted by molar-refractivity contribution is 5.94. The van der Waals surface area contributed by atoms with Crippen LogP contribution >= 0.6 is 0 Å². The van der Waals surface area contributed by atoms with Crippen LogP contribution in [-0.4, -0.2) is 34.9 Å². The summed E-state index contributed by atoms with van der Waals surface area (Å²) in [5.41, 5.74) is 1.49. The minimum absolute atomic E-state index is 0.0245. The van der Waals surface area contributed by atoms with Crippen molar-refractivity contribution in [2.24, 2.45) is 0 Å². The van der Waals surface area contributed by atoms with Gasteiger partial charge in [0.15, 0.2) is 0 Å². The van der Waals surface area contributed by atoms with Crippen LogP contribution in [0.4, 0.5) is 5.69 Å². The van der Waals surface area contributed by atoms with Crippen molar-refractivity contribution in [3.05, 3.63) is 81.9 Å². The highest BCUT2D eigenvalue weighted by atomic mass is 16.6. The molecule has 2 aromatic rings. The summed E-state index contributed by atoms with van der Waals surface area (Å²) in [5, 5.41) is 10.7. The number of rotatable bonds is 7. The van der Waals surface area contributed by atoms with Gasteiger partial charge in [-0.1, -0.05) is 30.3 Å². The van der Waals surface area contributed by atoms with Crippen molar-refractivity contribution >= 4 is 23.6 Å². The fourth-order valence-corrected chi connectivity index (χ4v) is 2.45. The molecule has 0 saturated heterocycles. The van der Waals surface area contributed by atoms with E-state index in [-0.39, 0.29) is 18.1 Å². The fraction of sp³-hybridized carbons (Fsp3) is 0.200. The van der Waals surface area contributed by atoms with Gasteiger partial charge in [0, 0.05) is 24.8 Å². The minimum atomic E-state index is -0.760. The summed E-state index contributed by atoms with van der Waals surface area (Å²) >= 11 is 0. The van der Waals surface area contributed by atoms with Crippen molar-refractivity contribution in [3.8, 4) is 0 Å². The molecule has 0 aromatic heterocycles. The van der Waals surface area contributed by atoms with E-state index < -0.39 is 16.9 Å². The van der Waals surface area contributed by atoms with Gasteiger partial charge in [-0.25, -0.2) is 4.79 Å². The number of carbonyl (C=O) groups is 2. The van der Waals surface area contributed by atoms with E-state index in [4.69, 9.17) is 4.74 Å². The molecular weight excluding hydrogens is 348 g/mol. The Hall–Kier alpha value is -3.48. The molecule has 0 aliphatic rings. The zero-order chi connectivity index (χ0) is 19.8. The smallest absolute Gasteiger partial charge is 0.328 e. The number of methoxy groups -OCH3 is 1. The number of hydrogen-bond donors (Lipinski definition) is 0. The summed E-state index contributed by atoms with van der Waals surface area (Å²) in [4.78, 5) is 36.2. The largest absolute Gasteiger partial charge is 0.467 e. The molecule has 0 heterocycles. The van der Waals surface area contributed by atoms with E-state index in [9.17, 15) is 19.7 Å². The Labute approximate surface area is 157 Å². The lowest BCUT2D eigenvalue weighted by atomic mass is 10.1. The predicted molar refractivity (Wildman–Crippen MR) is 101 cm³/mol. The number of carbonyl (C=O) groups excluding carboxylic acids is 2. The molecular formula is C20H20N2O5. The number of nitro benzene ring substituents is 1. The van der Waals surface area contributed by atoms with E-state index in [1.54, 1.807) is 25.1 Å². The van der Waals surface area contributed by atoms with Crippen molar-refractivity contribution in [2.45, 2.75) is 19.5 Å². The molecule has 1 atom stereocenters. The maximum Gasteiger partial charge on any atom is 0.328 e. The maximum atomic E-state index is 12.7. The second-order valence-corrected chi connectivity index (χ2v) is 5.83. The van der Waals surface area contributed by atoms with Crippen molar-refractivity contribution in [1.29, 1.82) is 0 Å². The molecule has 0 saturated carbocycles. The maximum absolute atomic E-state index is 12.7. The van der Waals surface area contributed by atoms with Crippen molar-refractivity contribution < 1.29 is 19.2 Å². The number of nitro groups is 1. The molecule has 27 heavy (non-hydrogen) atoms. The van der Waals surface area contributed by atoms with Gasteiger partial charge in [0.25, 0.3) is 5.69 Å². The van der Waals surface area contributed by atoms with Gasteiger partial charge in [-0.2, -0.15) is 0 Å². The van der Waals surface area contributed by atoms with Gasteiger partial charge in [0.2, 0.25) is 5.91 Å². The van der Waals surface area contributed by atoms with Crippen LogP contribution in [0.25, 0.3) is 6.08 Å². The van der Waals surface area contributed by atoms with E-state index in [1.165, 1.54) is 30.2 Å². The van der Waals surface area contributed by atoms with Gasteiger partial charge in [0.1, 0.15) is 6.04 Å². The molecule has 0 radical (unpaired) electrons. The summed E-state index contributed by atoms with van der Waals surface area (Å²) < 4.78 is 4.76. The predicted octanol–water partition coefficient (Wildman–Crippen LogP) is 3.20. The second-order valence-electron chi connectivity index (χ2n) is 5.83. The summed E-state index contributed by atoms with van der Waals surface area (Å²) in [6.45, 7) is 1.85. The third kappa shape index (κ3) is 5.50. The van der Waals surface area contributed by atoms with Crippen LogP contribution in [0.5, 0.6) is 0 Å². The third-order valence-electron chi connectivity index (χ3n) is 4.01. The van der Waals surface area contributed by atoms with Gasteiger partial charge in [0.05, 0.1) is 12.0 Å². The molecule has 0 spiro atoms. The summed E-state index contributed by atoms with van der Waals surface area (Å²) in [5.74, 6) is -0.877. The molecule has 1 amide bonds. The standard InChI is InChI=1S/C20H20N2O5/c1-15(20(24)27-2)21(14-17-6-4-3-5-7-17)19(23)13-10-16-8-11-18(12-9-16)22(25)26/h3-13,15H,14H2,1-2H3/b13-10+/t15-/m0/s1. The first-order valence-corrected chi connectivity index (χ1v) is 8.27. The topological polar surface area (TPSA) is 89.8 Å². The average molecular weight is 368 g/mol. The van der Waals surface area contributed by atoms with Gasteiger partial charge >= 0.3 is 5.97 Å². The van der Waals surface area contributed by atoms with Crippen LogP contribution in [0.2, 0.25) is 0 Å². The van der Waals surface area contributed by atoms with Gasteiger partial charge < -0.3 is 9.64 Å². The summed E-state index contributed by atoms with van der Waals surface area (Å²) in [7, 11) is 1.27. The van der Waals surface area contributed by atoms with Crippen molar-refractivity contribution in [1.82, 2.24) is 4.90 Å². The second kappa shape index (κ2) is 9.28. The first-order chi connectivity index (χ1) is 12.9. The number of hydrogen-bond acceptors (Lipinski definition) is 5. The Kier molecular flexibility index (Phi) is 6.82. The van der Waals surface area contributed by atoms with Crippen molar-refractivity contribution in [3.63, 3.8) is 0 Å². The van der Waals surface area contributed by atoms with E-state index in [0.717, 1.165) is 5.56 Å². The van der Waals surface area contributed by atoms with Crippen molar-refractivity contribution in [2.75, 3.05) is 7.11 Å². The van der Waals surface area contributed by atoms with Crippen LogP contribution < -0.4 is 0 Å². The van der Waals surface area contributed by atoms with E-state index in [1.807, 2.05) is 30.3 Å². The lowest BCUT2D eigenvalue weighted by molar-refractivity contribution is -0.384. The molecule has 0 fully saturated rings. The van der Waals surface area contributed by atoms with Crippen LogP contribution in [0.15, 0.2) is 60.7 Å². The number of nitrogens with zero attached hydrogens (tertiary/aromatic N) is 2.